The van der Waals surface area contributed by atoms with Crippen LogP contribution in [0.3, 0.4) is 0 Å². The molecule has 1 heterocycles. The van der Waals surface area contributed by atoms with Gasteiger partial charge in [-0.25, -0.2) is 4.98 Å². The highest BCUT2D eigenvalue weighted by molar-refractivity contribution is 5.77. The fourth-order valence-corrected chi connectivity index (χ4v) is 2.17. The van der Waals surface area contributed by atoms with Crippen molar-refractivity contribution >= 4 is 11.0 Å². The van der Waals surface area contributed by atoms with Gasteiger partial charge in [0.1, 0.15) is 17.2 Å². The number of nitrogens with zero attached hydrogens (tertiary/aromatic N) is 2. The first-order valence-corrected chi connectivity index (χ1v) is 6.41. The Morgan fingerprint density at radius 3 is 2.60 bits per heavy atom. The maximum atomic E-state index is 5.89. The molecule has 0 N–H and O–H groups in total. The molecule has 4 heteroatoms. The van der Waals surface area contributed by atoms with Crippen molar-refractivity contribution in [2.75, 3.05) is 7.11 Å². The van der Waals surface area contributed by atoms with Crippen molar-refractivity contribution in [2.45, 2.75) is 6.92 Å². The van der Waals surface area contributed by atoms with Gasteiger partial charge in [-0.2, -0.15) is 0 Å². The average molecular weight is 268 g/mol. The molecule has 3 aromatic rings. The average Bonchev–Trinajstić information content (AvgIpc) is 2.82. The summed E-state index contributed by atoms with van der Waals surface area (Å²) in [4.78, 5) is 4.29. The Balaban J connectivity index is 1.94. The Hall–Kier alpha value is -2.49. The summed E-state index contributed by atoms with van der Waals surface area (Å²) in [5.41, 5.74) is 3.09. The third-order valence-corrected chi connectivity index (χ3v) is 3.31. The number of fused-ring (bicyclic) bond motifs is 1. The second kappa shape index (κ2) is 4.89. The van der Waals surface area contributed by atoms with E-state index in [1.165, 1.54) is 0 Å². The van der Waals surface area contributed by atoms with E-state index in [1.54, 1.807) is 13.4 Å². The number of aryl methyl sites for hydroxylation is 2. The molecule has 0 aliphatic carbocycles. The standard InChI is InChI=1S/C16H16N2O2/c1-11-4-5-13(9-16(11)19-3)20-12-6-7-14-15(8-12)18(2)10-17-14/h4-10H,1-3H3. The van der Waals surface area contributed by atoms with Crippen molar-refractivity contribution in [1.82, 2.24) is 9.55 Å². The molecule has 0 amide bonds. The predicted octanol–water partition coefficient (Wildman–Crippen LogP) is 3.68. The number of methoxy groups -OCH3 is 1. The van der Waals surface area contributed by atoms with Crippen LogP contribution < -0.4 is 9.47 Å². The van der Waals surface area contributed by atoms with Crippen molar-refractivity contribution in [1.29, 1.82) is 0 Å². The summed E-state index contributed by atoms with van der Waals surface area (Å²) in [6, 6.07) is 11.7. The quantitative estimate of drug-likeness (QED) is 0.727. The zero-order chi connectivity index (χ0) is 14.1. The van der Waals surface area contributed by atoms with Gasteiger partial charge in [-0.3, -0.25) is 0 Å². The Morgan fingerprint density at radius 1 is 1.05 bits per heavy atom. The summed E-state index contributed by atoms with van der Waals surface area (Å²) < 4.78 is 13.2. The fraction of sp³-hybridized carbons (Fsp3) is 0.188. The summed E-state index contributed by atoms with van der Waals surface area (Å²) in [7, 11) is 3.63. The zero-order valence-electron chi connectivity index (χ0n) is 11.8. The van der Waals surface area contributed by atoms with Crippen molar-refractivity contribution in [3.63, 3.8) is 0 Å². The van der Waals surface area contributed by atoms with Crippen LogP contribution >= 0.6 is 0 Å². The molecule has 102 valence electrons. The van der Waals surface area contributed by atoms with Crippen molar-refractivity contribution in [3.8, 4) is 17.2 Å². The second-order valence-corrected chi connectivity index (χ2v) is 4.74. The van der Waals surface area contributed by atoms with Crippen LogP contribution in [-0.4, -0.2) is 16.7 Å². The van der Waals surface area contributed by atoms with E-state index in [0.29, 0.717) is 0 Å². The lowest BCUT2D eigenvalue weighted by atomic mass is 10.2. The molecule has 0 fully saturated rings. The lowest BCUT2D eigenvalue weighted by molar-refractivity contribution is 0.406. The fourth-order valence-electron chi connectivity index (χ4n) is 2.17. The minimum absolute atomic E-state index is 0.758. The Bertz CT molecular complexity index is 762. The topological polar surface area (TPSA) is 36.3 Å². The summed E-state index contributed by atoms with van der Waals surface area (Å²) in [5.74, 6) is 2.37. The van der Waals surface area contributed by atoms with E-state index in [-0.39, 0.29) is 0 Å². The minimum atomic E-state index is 0.758. The molecule has 0 aliphatic rings. The third-order valence-electron chi connectivity index (χ3n) is 3.31. The minimum Gasteiger partial charge on any atom is -0.496 e. The number of aromatic nitrogens is 2. The first-order chi connectivity index (χ1) is 9.67. The number of benzene rings is 2. The van der Waals surface area contributed by atoms with Crippen LogP contribution in [0.2, 0.25) is 0 Å². The lowest BCUT2D eigenvalue weighted by Gasteiger charge is -2.09. The molecule has 1 aromatic heterocycles. The van der Waals surface area contributed by atoms with Gasteiger partial charge in [0.15, 0.2) is 0 Å². The highest BCUT2D eigenvalue weighted by atomic mass is 16.5. The largest absolute Gasteiger partial charge is 0.496 e. The Labute approximate surface area is 117 Å². The van der Waals surface area contributed by atoms with Crippen LogP contribution in [-0.2, 0) is 7.05 Å². The zero-order valence-corrected chi connectivity index (χ0v) is 11.8. The highest BCUT2D eigenvalue weighted by Crippen LogP contribution is 2.29. The number of ether oxygens (including phenoxy) is 2. The van der Waals surface area contributed by atoms with Gasteiger partial charge in [0.05, 0.1) is 24.5 Å². The number of hydrogen-bond acceptors (Lipinski definition) is 3. The van der Waals surface area contributed by atoms with Crippen LogP contribution in [0, 0.1) is 6.92 Å². The van der Waals surface area contributed by atoms with Gasteiger partial charge in [-0.15, -0.1) is 0 Å². The molecule has 20 heavy (non-hydrogen) atoms. The first-order valence-electron chi connectivity index (χ1n) is 6.41. The van der Waals surface area contributed by atoms with E-state index in [0.717, 1.165) is 33.8 Å². The molecule has 3 rings (SSSR count). The molecular formula is C16H16N2O2. The number of hydrogen-bond donors (Lipinski definition) is 0. The van der Waals surface area contributed by atoms with E-state index in [4.69, 9.17) is 9.47 Å². The second-order valence-electron chi connectivity index (χ2n) is 4.74. The molecule has 0 atom stereocenters. The van der Waals surface area contributed by atoms with E-state index < -0.39 is 0 Å². The Morgan fingerprint density at radius 2 is 1.80 bits per heavy atom. The van der Waals surface area contributed by atoms with E-state index in [9.17, 15) is 0 Å². The van der Waals surface area contributed by atoms with Gasteiger partial charge in [0.2, 0.25) is 0 Å². The number of rotatable bonds is 3. The van der Waals surface area contributed by atoms with Gasteiger partial charge in [0.25, 0.3) is 0 Å². The van der Waals surface area contributed by atoms with Gasteiger partial charge in [0, 0.05) is 19.2 Å². The molecule has 0 aliphatic heterocycles. The maximum Gasteiger partial charge on any atom is 0.131 e. The van der Waals surface area contributed by atoms with Gasteiger partial charge >= 0.3 is 0 Å². The SMILES string of the molecule is COc1cc(Oc2ccc3ncn(C)c3c2)ccc1C. The lowest BCUT2D eigenvalue weighted by Crippen LogP contribution is -1.90. The van der Waals surface area contributed by atoms with Crippen molar-refractivity contribution in [2.24, 2.45) is 7.05 Å². The summed E-state index contributed by atoms with van der Waals surface area (Å²) >= 11 is 0. The monoisotopic (exact) mass is 268 g/mol. The third kappa shape index (κ3) is 2.20. The molecule has 0 radical (unpaired) electrons. The van der Waals surface area contributed by atoms with Gasteiger partial charge in [-0.05, 0) is 30.7 Å². The smallest absolute Gasteiger partial charge is 0.131 e. The summed E-state index contributed by atoms with van der Waals surface area (Å²) in [5, 5.41) is 0. The highest BCUT2D eigenvalue weighted by Gasteiger charge is 2.05. The predicted molar refractivity (Wildman–Crippen MR) is 78.5 cm³/mol. The van der Waals surface area contributed by atoms with Gasteiger partial charge in [-0.1, -0.05) is 6.07 Å². The van der Waals surface area contributed by atoms with E-state index >= 15 is 0 Å². The molecule has 4 nitrogen and oxygen atoms in total. The first kappa shape index (κ1) is 12.5. The molecule has 2 aromatic carbocycles. The van der Waals surface area contributed by atoms with Gasteiger partial charge < -0.3 is 14.0 Å². The van der Waals surface area contributed by atoms with Crippen molar-refractivity contribution < 1.29 is 9.47 Å². The molecule has 0 bridgehead atoms. The molecule has 0 saturated heterocycles. The number of imidazole rings is 1. The van der Waals surface area contributed by atoms with Crippen LogP contribution in [0.15, 0.2) is 42.7 Å². The molecule has 0 saturated carbocycles. The Kier molecular flexibility index (Phi) is 3.06. The van der Waals surface area contributed by atoms with Crippen molar-refractivity contribution in [3.05, 3.63) is 48.3 Å². The normalized spacial score (nSPS) is 10.8. The van der Waals surface area contributed by atoms with E-state index in [1.807, 2.05) is 54.9 Å². The van der Waals surface area contributed by atoms with E-state index in [2.05, 4.69) is 4.98 Å². The summed E-state index contributed by atoms with van der Waals surface area (Å²) in [6.07, 6.45) is 1.79. The molecule has 0 spiro atoms. The molecule has 0 unspecified atom stereocenters. The van der Waals surface area contributed by atoms with Crippen LogP contribution in [0.25, 0.3) is 11.0 Å². The van der Waals surface area contributed by atoms with Crippen LogP contribution in [0.4, 0.5) is 0 Å². The summed E-state index contributed by atoms with van der Waals surface area (Å²) in [6.45, 7) is 2.00. The van der Waals surface area contributed by atoms with Crippen LogP contribution in [0.1, 0.15) is 5.56 Å². The molecular weight excluding hydrogens is 252 g/mol. The maximum absolute atomic E-state index is 5.89. The van der Waals surface area contributed by atoms with Crippen LogP contribution in [0.5, 0.6) is 17.2 Å².